The van der Waals surface area contributed by atoms with Crippen LogP contribution in [0.5, 0.6) is 0 Å². The SMILES string of the molecule is O=C(CCCl)Nc1ccc(Br)c(Cl)c1Cl. The summed E-state index contributed by atoms with van der Waals surface area (Å²) in [6.07, 6.45) is 0.242. The monoisotopic (exact) mass is 329 g/mol. The summed E-state index contributed by atoms with van der Waals surface area (Å²) in [7, 11) is 0. The van der Waals surface area contributed by atoms with Crippen molar-refractivity contribution in [1.29, 1.82) is 0 Å². The second-order valence-corrected chi connectivity index (χ2v) is 4.70. The fourth-order valence-electron chi connectivity index (χ4n) is 0.921. The van der Waals surface area contributed by atoms with Gasteiger partial charge >= 0.3 is 0 Å². The topological polar surface area (TPSA) is 29.1 Å². The van der Waals surface area contributed by atoms with Crippen molar-refractivity contribution in [1.82, 2.24) is 0 Å². The van der Waals surface area contributed by atoms with Crippen molar-refractivity contribution in [2.75, 3.05) is 11.2 Å². The average Bonchev–Trinajstić information content (AvgIpc) is 2.20. The van der Waals surface area contributed by atoms with Gasteiger partial charge in [-0.2, -0.15) is 0 Å². The minimum absolute atomic E-state index is 0.190. The van der Waals surface area contributed by atoms with E-state index in [4.69, 9.17) is 34.8 Å². The normalized spacial score (nSPS) is 10.1. The maximum atomic E-state index is 11.3. The van der Waals surface area contributed by atoms with Gasteiger partial charge in [-0.1, -0.05) is 23.2 Å². The Morgan fingerprint density at radius 1 is 1.33 bits per heavy atom. The number of alkyl halides is 1. The van der Waals surface area contributed by atoms with Gasteiger partial charge in [-0.15, -0.1) is 11.6 Å². The molecule has 1 amide bonds. The molecule has 0 bridgehead atoms. The number of nitrogens with one attached hydrogen (secondary N) is 1. The number of hydrogen-bond acceptors (Lipinski definition) is 1. The second kappa shape index (κ2) is 5.94. The summed E-state index contributed by atoms with van der Waals surface area (Å²) in [4.78, 5) is 11.3. The lowest BCUT2D eigenvalue weighted by Crippen LogP contribution is -2.12. The summed E-state index contributed by atoms with van der Waals surface area (Å²) in [5.74, 6) is 0.0820. The van der Waals surface area contributed by atoms with Crippen LogP contribution in [0.1, 0.15) is 6.42 Å². The van der Waals surface area contributed by atoms with Crippen molar-refractivity contribution in [2.45, 2.75) is 6.42 Å². The van der Waals surface area contributed by atoms with Gasteiger partial charge in [0, 0.05) is 16.8 Å². The molecule has 15 heavy (non-hydrogen) atoms. The number of rotatable bonds is 3. The van der Waals surface area contributed by atoms with Gasteiger partial charge in [0.2, 0.25) is 5.91 Å². The third-order valence-corrected chi connectivity index (χ3v) is 3.59. The van der Waals surface area contributed by atoms with Crippen molar-refractivity contribution in [3.05, 3.63) is 26.7 Å². The summed E-state index contributed by atoms with van der Waals surface area (Å²) in [6.45, 7) is 0. The van der Waals surface area contributed by atoms with Gasteiger partial charge in [0.25, 0.3) is 0 Å². The van der Waals surface area contributed by atoms with Gasteiger partial charge in [0.15, 0.2) is 0 Å². The Kier molecular flexibility index (Phi) is 5.19. The molecule has 1 N–H and O–H groups in total. The molecule has 0 aliphatic carbocycles. The Morgan fingerprint density at radius 3 is 2.60 bits per heavy atom. The molecule has 1 rings (SSSR count). The highest BCUT2D eigenvalue weighted by molar-refractivity contribution is 9.10. The van der Waals surface area contributed by atoms with E-state index in [1.807, 2.05) is 0 Å². The van der Waals surface area contributed by atoms with Gasteiger partial charge in [-0.25, -0.2) is 0 Å². The van der Waals surface area contributed by atoms with E-state index in [0.29, 0.717) is 20.2 Å². The highest BCUT2D eigenvalue weighted by atomic mass is 79.9. The molecule has 0 radical (unpaired) electrons. The molecule has 0 aliphatic rings. The first-order valence-corrected chi connectivity index (χ1v) is 6.14. The zero-order valence-corrected chi connectivity index (χ0v) is 11.3. The third kappa shape index (κ3) is 3.52. The van der Waals surface area contributed by atoms with Gasteiger partial charge in [-0.05, 0) is 28.1 Å². The fraction of sp³-hybridized carbons (Fsp3) is 0.222. The molecule has 6 heteroatoms. The lowest BCUT2D eigenvalue weighted by atomic mass is 10.3. The molecular formula is C9H7BrCl3NO. The van der Waals surface area contributed by atoms with Crippen LogP contribution in [0.25, 0.3) is 0 Å². The van der Waals surface area contributed by atoms with Crippen molar-refractivity contribution in [2.24, 2.45) is 0 Å². The molecule has 0 saturated heterocycles. The first-order chi connectivity index (χ1) is 7.06. The zero-order valence-electron chi connectivity index (χ0n) is 7.49. The van der Waals surface area contributed by atoms with Crippen LogP contribution in [-0.2, 0) is 4.79 Å². The van der Waals surface area contributed by atoms with Crippen LogP contribution in [0.2, 0.25) is 10.0 Å². The molecule has 0 unspecified atom stereocenters. The van der Waals surface area contributed by atoms with E-state index in [-0.39, 0.29) is 18.2 Å². The molecule has 0 fully saturated rings. The van der Waals surface area contributed by atoms with Crippen LogP contribution in [0.3, 0.4) is 0 Å². The maximum absolute atomic E-state index is 11.3. The van der Waals surface area contributed by atoms with E-state index in [1.54, 1.807) is 12.1 Å². The van der Waals surface area contributed by atoms with E-state index in [2.05, 4.69) is 21.2 Å². The number of halogens is 4. The van der Waals surface area contributed by atoms with E-state index in [1.165, 1.54) is 0 Å². The van der Waals surface area contributed by atoms with E-state index < -0.39 is 0 Å². The average molecular weight is 331 g/mol. The Morgan fingerprint density at radius 2 is 2.00 bits per heavy atom. The highest BCUT2D eigenvalue weighted by Gasteiger charge is 2.10. The van der Waals surface area contributed by atoms with Crippen molar-refractivity contribution < 1.29 is 4.79 Å². The van der Waals surface area contributed by atoms with Gasteiger partial charge in [0.1, 0.15) is 0 Å². The summed E-state index contributed by atoms with van der Waals surface area (Å²) in [6, 6.07) is 3.38. The van der Waals surface area contributed by atoms with Gasteiger partial charge in [-0.3, -0.25) is 4.79 Å². The standard InChI is InChI=1S/C9H7BrCl3NO/c10-5-1-2-6(9(13)8(5)12)14-7(15)3-4-11/h1-2H,3-4H2,(H,14,15). The van der Waals surface area contributed by atoms with Gasteiger partial charge < -0.3 is 5.32 Å². The summed E-state index contributed by atoms with van der Waals surface area (Å²) in [5.41, 5.74) is 0.486. The highest BCUT2D eigenvalue weighted by Crippen LogP contribution is 2.35. The van der Waals surface area contributed by atoms with Crippen LogP contribution in [0, 0.1) is 0 Å². The Bertz CT molecular complexity index is 384. The third-order valence-electron chi connectivity index (χ3n) is 1.63. The van der Waals surface area contributed by atoms with Crippen molar-refractivity contribution >= 4 is 62.3 Å². The largest absolute Gasteiger partial charge is 0.325 e. The molecule has 1 aromatic carbocycles. The maximum Gasteiger partial charge on any atom is 0.225 e. The predicted octanol–water partition coefficient (Wildman–Crippen LogP) is 4.32. The van der Waals surface area contributed by atoms with E-state index >= 15 is 0 Å². The van der Waals surface area contributed by atoms with Gasteiger partial charge in [0.05, 0.1) is 15.7 Å². The molecule has 0 aromatic heterocycles. The summed E-state index contributed by atoms with van der Waals surface area (Å²) < 4.78 is 0.685. The number of carbonyl (C=O) groups excluding carboxylic acids is 1. The number of benzene rings is 1. The molecule has 2 nitrogen and oxygen atoms in total. The first-order valence-electron chi connectivity index (χ1n) is 4.05. The molecule has 82 valence electrons. The Hall–Kier alpha value is 0.0400. The van der Waals surface area contributed by atoms with Crippen molar-refractivity contribution in [3.8, 4) is 0 Å². The minimum atomic E-state index is -0.190. The minimum Gasteiger partial charge on any atom is -0.325 e. The summed E-state index contributed by atoms with van der Waals surface area (Å²) in [5, 5.41) is 3.31. The van der Waals surface area contributed by atoms with Crippen LogP contribution >= 0.6 is 50.7 Å². The Labute approximate surface area is 111 Å². The first kappa shape index (κ1) is 13.1. The summed E-state index contributed by atoms with van der Waals surface area (Å²) >= 11 is 20.5. The molecular weight excluding hydrogens is 324 g/mol. The van der Waals surface area contributed by atoms with E-state index in [9.17, 15) is 4.79 Å². The molecule has 0 spiro atoms. The number of carbonyl (C=O) groups is 1. The second-order valence-electron chi connectivity index (χ2n) is 2.71. The van der Waals surface area contributed by atoms with Crippen LogP contribution < -0.4 is 5.32 Å². The molecule has 0 atom stereocenters. The number of anilines is 1. The lowest BCUT2D eigenvalue weighted by molar-refractivity contribution is -0.115. The smallest absolute Gasteiger partial charge is 0.225 e. The van der Waals surface area contributed by atoms with Crippen LogP contribution in [0.15, 0.2) is 16.6 Å². The molecule has 0 aliphatic heterocycles. The van der Waals surface area contributed by atoms with E-state index in [0.717, 1.165) is 0 Å². The molecule has 0 heterocycles. The van der Waals surface area contributed by atoms with Crippen LogP contribution in [-0.4, -0.2) is 11.8 Å². The number of hydrogen-bond donors (Lipinski definition) is 1. The Balaban J connectivity index is 2.87. The molecule has 1 aromatic rings. The fourth-order valence-corrected chi connectivity index (χ4v) is 1.91. The van der Waals surface area contributed by atoms with Crippen molar-refractivity contribution in [3.63, 3.8) is 0 Å². The molecule has 0 saturated carbocycles. The number of amides is 1. The van der Waals surface area contributed by atoms with Crippen LogP contribution in [0.4, 0.5) is 5.69 Å². The lowest BCUT2D eigenvalue weighted by Gasteiger charge is -2.08. The quantitative estimate of drug-likeness (QED) is 0.648. The predicted molar refractivity (Wildman–Crippen MR) is 68.1 cm³/mol. The zero-order chi connectivity index (χ0) is 11.4.